The van der Waals surface area contributed by atoms with Crippen LogP contribution in [0.25, 0.3) is 0 Å². The second-order valence-electron chi connectivity index (χ2n) is 5.46. The lowest BCUT2D eigenvalue weighted by Crippen LogP contribution is -2.37. The molecule has 5 nitrogen and oxygen atoms in total. The Morgan fingerprint density at radius 2 is 2.30 bits per heavy atom. The van der Waals surface area contributed by atoms with Crippen LogP contribution in [0, 0.1) is 0 Å². The number of methoxy groups -OCH3 is 1. The van der Waals surface area contributed by atoms with Crippen LogP contribution in [-0.2, 0) is 0 Å². The number of nitrogens with one attached hydrogen (secondary N) is 1. The summed E-state index contributed by atoms with van der Waals surface area (Å²) in [6.45, 7) is 1.57. The summed E-state index contributed by atoms with van der Waals surface area (Å²) >= 11 is 6.09. The van der Waals surface area contributed by atoms with Crippen molar-refractivity contribution in [2.24, 2.45) is 0 Å². The fourth-order valence-electron chi connectivity index (χ4n) is 2.77. The van der Waals surface area contributed by atoms with Gasteiger partial charge >= 0.3 is 0 Å². The van der Waals surface area contributed by atoms with Gasteiger partial charge in [-0.2, -0.15) is 0 Å². The molecule has 1 N–H and O–H groups in total. The van der Waals surface area contributed by atoms with Crippen molar-refractivity contribution in [3.8, 4) is 5.75 Å². The number of aromatic nitrogens is 1. The van der Waals surface area contributed by atoms with Crippen LogP contribution in [0.15, 0.2) is 42.7 Å². The van der Waals surface area contributed by atoms with E-state index in [0.717, 1.165) is 30.9 Å². The Balaban J connectivity index is 1.67. The third kappa shape index (κ3) is 3.56. The van der Waals surface area contributed by atoms with Crippen LogP contribution in [0.2, 0.25) is 5.02 Å². The first-order valence-electron chi connectivity index (χ1n) is 7.47. The Bertz CT molecular complexity index is 693. The average Bonchev–Trinajstić information content (AvgIpc) is 3.04. The van der Waals surface area contributed by atoms with Crippen LogP contribution < -0.4 is 15.0 Å². The molecule has 120 valence electrons. The smallest absolute Gasteiger partial charge is 0.253 e. The third-order valence-corrected chi connectivity index (χ3v) is 4.16. The van der Waals surface area contributed by atoms with Gasteiger partial charge in [-0.25, -0.2) is 0 Å². The van der Waals surface area contributed by atoms with Crippen LogP contribution in [0.3, 0.4) is 0 Å². The monoisotopic (exact) mass is 331 g/mol. The van der Waals surface area contributed by atoms with Gasteiger partial charge < -0.3 is 15.0 Å². The molecular weight excluding hydrogens is 314 g/mol. The molecule has 1 saturated heterocycles. The van der Waals surface area contributed by atoms with E-state index in [-0.39, 0.29) is 11.9 Å². The molecule has 0 saturated carbocycles. The zero-order valence-corrected chi connectivity index (χ0v) is 13.6. The minimum absolute atomic E-state index is 0.0893. The molecule has 3 rings (SSSR count). The van der Waals surface area contributed by atoms with Crippen LogP contribution >= 0.6 is 11.6 Å². The number of amides is 1. The van der Waals surface area contributed by atoms with Gasteiger partial charge in [-0.3, -0.25) is 9.78 Å². The summed E-state index contributed by atoms with van der Waals surface area (Å²) in [6, 6.07) is 9.17. The number of carbonyl (C=O) groups excluding carboxylic acids is 1. The number of hydrogen-bond acceptors (Lipinski definition) is 4. The van der Waals surface area contributed by atoms with Gasteiger partial charge in [0.15, 0.2) is 0 Å². The number of pyridine rings is 1. The minimum Gasteiger partial charge on any atom is -0.495 e. The van der Waals surface area contributed by atoms with Crippen molar-refractivity contribution in [2.75, 3.05) is 25.1 Å². The van der Waals surface area contributed by atoms with Gasteiger partial charge in [-0.1, -0.05) is 11.6 Å². The van der Waals surface area contributed by atoms with E-state index >= 15 is 0 Å². The quantitative estimate of drug-likeness (QED) is 0.936. The third-order valence-electron chi connectivity index (χ3n) is 3.93. The maximum atomic E-state index is 12.2. The molecule has 0 bridgehead atoms. The van der Waals surface area contributed by atoms with E-state index in [9.17, 15) is 4.79 Å². The summed E-state index contributed by atoms with van der Waals surface area (Å²) in [5.74, 6) is 0.691. The van der Waals surface area contributed by atoms with Crippen molar-refractivity contribution < 1.29 is 9.53 Å². The Morgan fingerprint density at radius 1 is 1.43 bits per heavy atom. The molecule has 2 heterocycles. The highest BCUT2D eigenvalue weighted by molar-refractivity contribution is 6.30. The van der Waals surface area contributed by atoms with Gasteiger partial charge in [-0.15, -0.1) is 0 Å². The first-order valence-corrected chi connectivity index (χ1v) is 7.84. The van der Waals surface area contributed by atoms with Crippen molar-refractivity contribution in [3.05, 3.63) is 53.3 Å². The van der Waals surface area contributed by atoms with Gasteiger partial charge in [-0.05, 0) is 36.8 Å². The maximum absolute atomic E-state index is 12.2. The number of anilines is 1. The summed E-state index contributed by atoms with van der Waals surface area (Å²) in [5.41, 5.74) is 1.53. The van der Waals surface area contributed by atoms with E-state index in [0.29, 0.717) is 10.6 Å². The van der Waals surface area contributed by atoms with Gasteiger partial charge in [0.05, 0.1) is 18.4 Å². The van der Waals surface area contributed by atoms with Crippen LogP contribution in [0.4, 0.5) is 5.69 Å². The van der Waals surface area contributed by atoms with Gasteiger partial charge in [0.1, 0.15) is 5.75 Å². The summed E-state index contributed by atoms with van der Waals surface area (Å²) in [7, 11) is 1.64. The van der Waals surface area contributed by atoms with Crippen LogP contribution in [0.1, 0.15) is 16.8 Å². The minimum atomic E-state index is -0.0944. The number of halogens is 1. The molecule has 0 radical (unpaired) electrons. The molecule has 1 aliphatic heterocycles. The summed E-state index contributed by atoms with van der Waals surface area (Å²) in [6.07, 6.45) is 4.10. The van der Waals surface area contributed by atoms with Crippen molar-refractivity contribution in [1.82, 2.24) is 10.3 Å². The number of carbonyl (C=O) groups is 1. The van der Waals surface area contributed by atoms with E-state index in [4.69, 9.17) is 16.3 Å². The van der Waals surface area contributed by atoms with Crippen LogP contribution in [-0.4, -0.2) is 37.1 Å². The van der Waals surface area contributed by atoms with Crippen LogP contribution in [0.5, 0.6) is 5.75 Å². The van der Waals surface area contributed by atoms with E-state index < -0.39 is 0 Å². The standard InChI is InChI=1S/C17H18ClN3O2/c1-23-16-5-4-13(18)9-15(16)21-8-6-14(11-21)20-17(22)12-3-2-7-19-10-12/h2-5,7,9-10,14H,6,8,11H2,1H3,(H,20,22)/t14-/m0/s1. The zero-order chi connectivity index (χ0) is 16.2. The Morgan fingerprint density at radius 3 is 3.04 bits per heavy atom. The molecule has 2 aromatic rings. The Labute approximate surface area is 140 Å². The molecule has 1 fully saturated rings. The number of benzene rings is 1. The lowest BCUT2D eigenvalue weighted by molar-refractivity contribution is 0.0940. The first kappa shape index (κ1) is 15.6. The maximum Gasteiger partial charge on any atom is 0.253 e. The van der Waals surface area contributed by atoms with Gasteiger partial charge in [0.2, 0.25) is 0 Å². The lowest BCUT2D eigenvalue weighted by Gasteiger charge is -2.21. The second-order valence-corrected chi connectivity index (χ2v) is 5.90. The van der Waals surface area contributed by atoms with Crippen molar-refractivity contribution in [3.63, 3.8) is 0 Å². The van der Waals surface area contributed by atoms with E-state index in [1.54, 1.807) is 31.6 Å². The molecule has 6 heteroatoms. The highest BCUT2D eigenvalue weighted by atomic mass is 35.5. The molecular formula is C17H18ClN3O2. The van der Waals surface area contributed by atoms with E-state index in [2.05, 4.69) is 15.2 Å². The first-order chi connectivity index (χ1) is 11.2. The summed E-state index contributed by atoms with van der Waals surface area (Å²) in [5, 5.41) is 3.72. The van der Waals surface area contributed by atoms with Gasteiger partial charge in [0, 0.05) is 36.5 Å². The lowest BCUT2D eigenvalue weighted by atomic mass is 10.2. The number of hydrogen-bond donors (Lipinski definition) is 1. The number of nitrogens with zero attached hydrogens (tertiary/aromatic N) is 2. The Kier molecular flexibility index (Phi) is 4.67. The molecule has 1 amide bonds. The van der Waals surface area contributed by atoms with Crippen molar-refractivity contribution in [1.29, 1.82) is 0 Å². The predicted octanol–water partition coefficient (Wildman–Crippen LogP) is 2.75. The molecule has 1 aliphatic rings. The fraction of sp³-hybridized carbons (Fsp3) is 0.294. The average molecular weight is 332 g/mol. The SMILES string of the molecule is COc1ccc(Cl)cc1N1CC[C@H](NC(=O)c2cccnc2)C1. The van der Waals surface area contributed by atoms with Crippen molar-refractivity contribution in [2.45, 2.75) is 12.5 Å². The van der Waals surface area contributed by atoms with E-state index in [1.807, 2.05) is 18.2 Å². The zero-order valence-electron chi connectivity index (χ0n) is 12.8. The second kappa shape index (κ2) is 6.87. The molecule has 1 aromatic heterocycles. The fourth-order valence-corrected chi connectivity index (χ4v) is 2.94. The molecule has 1 atom stereocenters. The largest absolute Gasteiger partial charge is 0.495 e. The number of ether oxygens (including phenoxy) is 1. The van der Waals surface area contributed by atoms with E-state index in [1.165, 1.54) is 0 Å². The molecule has 0 aliphatic carbocycles. The van der Waals surface area contributed by atoms with Gasteiger partial charge in [0.25, 0.3) is 5.91 Å². The molecule has 0 unspecified atom stereocenters. The molecule has 1 aromatic carbocycles. The summed E-state index contributed by atoms with van der Waals surface area (Å²) in [4.78, 5) is 18.4. The topological polar surface area (TPSA) is 54.5 Å². The Hall–Kier alpha value is -2.27. The normalized spacial score (nSPS) is 17.1. The highest BCUT2D eigenvalue weighted by Crippen LogP contribution is 2.33. The molecule has 23 heavy (non-hydrogen) atoms. The predicted molar refractivity (Wildman–Crippen MR) is 90.3 cm³/mol. The molecule has 0 spiro atoms. The van der Waals surface area contributed by atoms with Crippen molar-refractivity contribution >= 4 is 23.2 Å². The summed E-state index contributed by atoms with van der Waals surface area (Å²) < 4.78 is 5.40. The number of rotatable bonds is 4. The highest BCUT2D eigenvalue weighted by Gasteiger charge is 2.26.